The van der Waals surface area contributed by atoms with Gasteiger partial charge in [-0.1, -0.05) is 12.8 Å². The Bertz CT molecular complexity index is 1030. The molecule has 11 heteroatoms. The highest BCUT2D eigenvalue weighted by atomic mass is 35.5. The lowest BCUT2D eigenvalue weighted by Crippen LogP contribution is -2.54. The number of ether oxygens (including phenoxy) is 1. The number of aromatic nitrogens is 3. The van der Waals surface area contributed by atoms with Crippen LogP contribution in [0.5, 0.6) is 0 Å². The van der Waals surface area contributed by atoms with Crippen molar-refractivity contribution in [2.45, 2.75) is 49.2 Å². The molecule has 32 heavy (non-hydrogen) atoms. The van der Waals surface area contributed by atoms with Gasteiger partial charge in [-0.15, -0.1) is 22.9 Å². The monoisotopic (exact) mass is 475 g/mol. The minimum atomic E-state index is -0.729. The van der Waals surface area contributed by atoms with Crippen molar-refractivity contribution in [3.8, 4) is 10.6 Å². The predicted molar refractivity (Wildman–Crippen MR) is 116 cm³/mol. The molecule has 0 unspecified atom stereocenters. The second-order valence-corrected chi connectivity index (χ2v) is 9.90. The SMILES string of the molecule is O=C(N[C@H](C(=O)N1C[C@H](Cl)[C@H]2OCC(=O)[C@H]21)C1CCCC1)c1ncc(-c2ccncn2)s1. The molecule has 9 nitrogen and oxygen atoms in total. The van der Waals surface area contributed by atoms with Gasteiger partial charge in [-0.3, -0.25) is 14.4 Å². The number of nitrogens with zero attached hydrogens (tertiary/aromatic N) is 4. The quantitative estimate of drug-likeness (QED) is 0.654. The van der Waals surface area contributed by atoms with Crippen LogP contribution in [0.3, 0.4) is 0 Å². The van der Waals surface area contributed by atoms with E-state index >= 15 is 0 Å². The molecule has 2 aromatic rings. The number of halogens is 1. The number of nitrogens with one attached hydrogen (secondary N) is 1. The average Bonchev–Trinajstić information content (AvgIpc) is 3.59. The normalized spacial score (nSPS) is 26.3. The van der Waals surface area contributed by atoms with Gasteiger partial charge in [-0.25, -0.2) is 15.0 Å². The number of likely N-dealkylation sites (tertiary alicyclic amines) is 1. The van der Waals surface area contributed by atoms with Crippen molar-refractivity contribution in [2.24, 2.45) is 5.92 Å². The van der Waals surface area contributed by atoms with Gasteiger partial charge >= 0.3 is 0 Å². The van der Waals surface area contributed by atoms with Gasteiger partial charge in [0.15, 0.2) is 10.8 Å². The molecule has 3 aliphatic rings. The lowest BCUT2D eigenvalue weighted by Gasteiger charge is -2.30. The fourth-order valence-electron chi connectivity index (χ4n) is 4.81. The van der Waals surface area contributed by atoms with E-state index in [0.29, 0.717) is 5.69 Å². The highest BCUT2D eigenvalue weighted by molar-refractivity contribution is 7.16. The second-order valence-electron chi connectivity index (χ2n) is 8.31. The summed E-state index contributed by atoms with van der Waals surface area (Å²) in [7, 11) is 0. The lowest BCUT2D eigenvalue weighted by molar-refractivity contribution is -0.139. The standard InChI is InChI=1S/C21H22ClN5O4S/c22-12-8-27(17-14(28)9-31-18(12)17)21(30)16(11-3-1-2-4-11)26-19(29)20-24-7-15(32-20)13-5-6-23-10-25-13/h5-7,10-12,16-18H,1-4,8-9H2,(H,26,29)/t12-,16-,17+,18+/m0/s1. The summed E-state index contributed by atoms with van der Waals surface area (Å²) in [6.45, 7) is 0.198. The van der Waals surface area contributed by atoms with Crippen LogP contribution in [0.1, 0.15) is 35.5 Å². The summed E-state index contributed by atoms with van der Waals surface area (Å²) in [5.74, 6) is -0.807. The number of rotatable bonds is 5. The highest BCUT2D eigenvalue weighted by Gasteiger charge is 2.53. The fraction of sp³-hybridized carbons (Fsp3) is 0.524. The number of ketones is 1. The summed E-state index contributed by atoms with van der Waals surface area (Å²) in [6, 6.07) is 0.343. The van der Waals surface area contributed by atoms with Gasteiger partial charge in [0.25, 0.3) is 5.91 Å². The number of hydrogen-bond donors (Lipinski definition) is 1. The van der Waals surface area contributed by atoms with Crippen LogP contribution < -0.4 is 5.32 Å². The first kappa shape index (κ1) is 21.4. The van der Waals surface area contributed by atoms with E-state index in [2.05, 4.69) is 20.3 Å². The number of alkyl halides is 1. The van der Waals surface area contributed by atoms with E-state index in [1.807, 2.05) is 0 Å². The van der Waals surface area contributed by atoms with E-state index in [4.69, 9.17) is 16.3 Å². The molecule has 2 aliphatic heterocycles. The van der Waals surface area contributed by atoms with Gasteiger partial charge in [-0.2, -0.15) is 0 Å². The molecule has 1 N–H and O–H groups in total. The van der Waals surface area contributed by atoms with Gasteiger partial charge in [0.05, 0.1) is 15.9 Å². The Balaban J connectivity index is 1.36. The van der Waals surface area contributed by atoms with Crippen LogP contribution >= 0.6 is 22.9 Å². The van der Waals surface area contributed by atoms with Crippen molar-refractivity contribution in [1.82, 2.24) is 25.2 Å². The molecule has 168 valence electrons. The van der Waals surface area contributed by atoms with Gasteiger partial charge in [0, 0.05) is 18.9 Å². The van der Waals surface area contributed by atoms with Gasteiger partial charge in [-0.05, 0) is 24.8 Å². The van der Waals surface area contributed by atoms with Crippen LogP contribution in [-0.4, -0.2) is 74.2 Å². The van der Waals surface area contributed by atoms with Crippen molar-refractivity contribution < 1.29 is 19.1 Å². The maximum absolute atomic E-state index is 13.6. The summed E-state index contributed by atoms with van der Waals surface area (Å²) in [4.78, 5) is 53.5. The van der Waals surface area contributed by atoms with Crippen LogP contribution in [0.15, 0.2) is 24.8 Å². The van der Waals surface area contributed by atoms with Crippen LogP contribution in [0.2, 0.25) is 0 Å². The van der Waals surface area contributed by atoms with Crippen LogP contribution in [-0.2, 0) is 14.3 Å². The highest BCUT2D eigenvalue weighted by Crippen LogP contribution is 2.34. The third-order valence-corrected chi connectivity index (χ3v) is 7.77. The number of amides is 2. The van der Waals surface area contributed by atoms with Crippen LogP contribution in [0.25, 0.3) is 10.6 Å². The largest absolute Gasteiger partial charge is 0.366 e. The molecule has 5 rings (SSSR count). The molecule has 1 aliphatic carbocycles. The molecule has 0 radical (unpaired) electrons. The minimum absolute atomic E-state index is 0.0120. The number of fused-ring (bicyclic) bond motifs is 1. The third kappa shape index (κ3) is 3.91. The van der Waals surface area contributed by atoms with E-state index in [9.17, 15) is 14.4 Å². The number of Topliss-reactive ketones (excluding diaryl/α,β-unsaturated/α-hetero) is 1. The molecule has 2 saturated heterocycles. The molecule has 4 heterocycles. The van der Waals surface area contributed by atoms with E-state index in [-0.39, 0.29) is 35.8 Å². The summed E-state index contributed by atoms with van der Waals surface area (Å²) < 4.78 is 5.50. The Morgan fingerprint density at radius 1 is 1.28 bits per heavy atom. The van der Waals surface area contributed by atoms with Gasteiger partial charge in [0.2, 0.25) is 5.91 Å². The van der Waals surface area contributed by atoms with Gasteiger partial charge < -0.3 is 15.0 Å². The van der Waals surface area contributed by atoms with Gasteiger partial charge in [0.1, 0.15) is 31.1 Å². The van der Waals surface area contributed by atoms with Crippen molar-refractivity contribution in [2.75, 3.05) is 13.2 Å². The molecule has 2 aromatic heterocycles. The maximum Gasteiger partial charge on any atom is 0.280 e. The summed E-state index contributed by atoms with van der Waals surface area (Å²) in [5.41, 5.74) is 0.677. The van der Waals surface area contributed by atoms with Crippen LogP contribution in [0.4, 0.5) is 0 Å². The summed E-state index contributed by atoms with van der Waals surface area (Å²) in [5, 5.41) is 2.73. The smallest absolute Gasteiger partial charge is 0.280 e. The second kappa shape index (κ2) is 8.84. The fourth-order valence-corrected chi connectivity index (χ4v) is 5.97. The first-order valence-electron chi connectivity index (χ1n) is 10.6. The number of thiazole rings is 1. The molecule has 0 bridgehead atoms. The van der Waals surface area contributed by atoms with E-state index < -0.39 is 29.5 Å². The third-order valence-electron chi connectivity index (χ3n) is 6.36. The Labute approximate surface area is 193 Å². The van der Waals surface area contributed by atoms with Crippen LogP contribution in [0, 0.1) is 5.92 Å². The molecular weight excluding hydrogens is 454 g/mol. The predicted octanol–water partition coefficient (Wildman–Crippen LogP) is 1.67. The Hall–Kier alpha value is -2.43. The van der Waals surface area contributed by atoms with E-state index in [0.717, 1.165) is 30.6 Å². The molecule has 0 aromatic carbocycles. The molecule has 2 amide bonds. The topological polar surface area (TPSA) is 114 Å². The number of hydrogen-bond acceptors (Lipinski definition) is 8. The maximum atomic E-state index is 13.6. The van der Waals surface area contributed by atoms with Crippen molar-refractivity contribution in [3.63, 3.8) is 0 Å². The van der Waals surface area contributed by atoms with Crippen molar-refractivity contribution in [1.29, 1.82) is 0 Å². The zero-order valence-corrected chi connectivity index (χ0v) is 18.7. The molecule has 0 spiro atoms. The minimum Gasteiger partial charge on any atom is -0.366 e. The van der Waals surface area contributed by atoms with E-state index in [1.54, 1.807) is 18.5 Å². The summed E-state index contributed by atoms with van der Waals surface area (Å²) >= 11 is 7.57. The molecule has 1 saturated carbocycles. The average molecular weight is 476 g/mol. The zero-order valence-electron chi connectivity index (χ0n) is 17.1. The molecule has 4 atom stereocenters. The molecule has 3 fully saturated rings. The number of carbonyl (C=O) groups is 3. The number of carbonyl (C=O) groups excluding carboxylic acids is 3. The first-order chi connectivity index (χ1) is 15.5. The Morgan fingerprint density at radius 3 is 2.84 bits per heavy atom. The zero-order chi connectivity index (χ0) is 22.2. The van der Waals surface area contributed by atoms with E-state index in [1.165, 1.54) is 22.6 Å². The van der Waals surface area contributed by atoms with Crippen molar-refractivity contribution >= 4 is 40.5 Å². The Morgan fingerprint density at radius 2 is 2.09 bits per heavy atom. The lowest BCUT2D eigenvalue weighted by atomic mass is 9.96. The Kier molecular flexibility index (Phi) is 5.92. The molecular formula is C21H22ClN5O4S. The van der Waals surface area contributed by atoms with Crippen molar-refractivity contribution in [3.05, 3.63) is 29.8 Å². The first-order valence-corrected chi connectivity index (χ1v) is 11.9. The summed E-state index contributed by atoms with van der Waals surface area (Å²) in [6.07, 6.45) is 7.86.